The second kappa shape index (κ2) is 7.04. The lowest BCUT2D eigenvalue weighted by atomic mass is 10.0. The molecule has 3 heterocycles. The van der Waals surface area contributed by atoms with Gasteiger partial charge >= 0.3 is 0 Å². The highest BCUT2D eigenvalue weighted by molar-refractivity contribution is 6.76. The average molecular weight is 368 g/mol. The number of rotatable bonds is 6. The number of pyridine rings is 1. The SMILES string of the molecule is C[Si](C)(C)CCOCn1ccc2c1ncc1ccn(C3CC=CCC3)c12. The van der Waals surface area contributed by atoms with Crippen molar-refractivity contribution >= 4 is 30.0 Å². The normalized spacial score (nSPS) is 18.2. The smallest absolute Gasteiger partial charge is 0.143 e. The first kappa shape index (κ1) is 17.6. The quantitative estimate of drug-likeness (QED) is 0.323. The summed E-state index contributed by atoms with van der Waals surface area (Å²) in [5.74, 6) is 0. The summed E-state index contributed by atoms with van der Waals surface area (Å²) in [5, 5.41) is 2.46. The molecule has 1 aliphatic carbocycles. The molecule has 0 amide bonds. The molecule has 4 rings (SSSR count). The fourth-order valence-electron chi connectivity index (χ4n) is 3.77. The summed E-state index contributed by atoms with van der Waals surface area (Å²) in [6, 6.07) is 6.14. The molecule has 1 unspecified atom stereocenters. The summed E-state index contributed by atoms with van der Waals surface area (Å²) in [6.07, 6.45) is 14.5. The molecule has 0 N–H and O–H groups in total. The van der Waals surface area contributed by atoms with Crippen molar-refractivity contribution < 1.29 is 4.74 Å². The summed E-state index contributed by atoms with van der Waals surface area (Å²) in [6.45, 7) is 8.57. The van der Waals surface area contributed by atoms with E-state index in [2.05, 4.69) is 65.5 Å². The molecule has 0 saturated carbocycles. The Balaban J connectivity index is 1.61. The number of hydrogen-bond acceptors (Lipinski definition) is 2. The van der Waals surface area contributed by atoms with Crippen molar-refractivity contribution in [1.29, 1.82) is 0 Å². The van der Waals surface area contributed by atoms with Gasteiger partial charge in [-0.15, -0.1) is 0 Å². The molecule has 138 valence electrons. The number of allylic oxidation sites excluding steroid dienone is 2. The molecular formula is C21H29N3OSi. The molecule has 4 nitrogen and oxygen atoms in total. The molecule has 1 atom stereocenters. The molecule has 3 aromatic rings. The lowest BCUT2D eigenvalue weighted by molar-refractivity contribution is 0.0899. The zero-order valence-corrected chi connectivity index (χ0v) is 17.1. The van der Waals surface area contributed by atoms with E-state index in [-0.39, 0.29) is 0 Å². The molecule has 0 bridgehead atoms. The Hall–Kier alpha value is -1.85. The van der Waals surface area contributed by atoms with E-state index < -0.39 is 8.07 Å². The second-order valence-corrected chi connectivity index (χ2v) is 14.2. The molecule has 0 saturated heterocycles. The maximum Gasteiger partial charge on any atom is 0.143 e. The third-order valence-corrected chi connectivity index (χ3v) is 7.03. The van der Waals surface area contributed by atoms with Gasteiger partial charge in [0.2, 0.25) is 0 Å². The van der Waals surface area contributed by atoms with Crippen LogP contribution in [-0.2, 0) is 11.5 Å². The molecule has 0 radical (unpaired) electrons. The van der Waals surface area contributed by atoms with Crippen LogP contribution in [0.3, 0.4) is 0 Å². The second-order valence-electron chi connectivity index (χ2n) is 8.59. The fourth-order valence-corrected chi connectivity index (χ4v) is 4.52. The number of fused-ring (bicyclic) bond motifs is 3. The lowest BCUT2D eigenvalue weighted by Gasteiger charge is -2.21. The van der Waals surface area contributed by atoms with Crippen molar-refractivity contribution in [2.75, 3.05) is 6.61 Å². The number of nitrogens with zero attached hydrogens (tertiary/aromatic N) is 3. The van der Waals surface area contributed by atoms with Crippen molar-refractivity contribution in [3.63, 3.8) is 0 Å². The van der Waals surface area contributed by atoms with Gasteiger partial charge in [-0.3, -0.25) is 0 Å². The van der Waals surface area contributed by atoms with E-state index in [1.807, 2.05) is 6.20 Å². The molecule has 3 aromatic heterocycles. The van der Waals surface area contributed by atoms with Crippen LogP contribution < -0.4 is 0 Å². The van der Waals surface area contributed by atoms with Crippen molar-refractivity contribution in [3.8, 4) is 0 Å². The van der Waals surface area contributed by atoms with Crippen LogP contribution in [0.25, 0.3) is 21.9 Å². The van der Waals surface area contributed by atoms with Gasteiger partial charge in [-0.25, -0.2) is 4.98 Å². The summed E-state index contributed by atoms with van der Waals surface area (Å²) in [5.41, 5.74) is 2.34. The van der Waals surface area contributed by atoms with Gasteiger partial charge in [0, 0.05) is 50.1 Å². The summed E-state index contributed by atoms with van der Waals surface area (Å²) in [7, 11) is -1.05. The highest BCUT2D eigenvalue weighted by atomic mass is 28.3. The Morgan fingerprint density at radius 1 is 1.19 bits per heavy atom. The zero-order valence-electron chi connectivity index (χ0n) is 16.1. The van der Waals surface area contributed by atoms with Crippen molar-refractivity contribution in [3.05, 3.63) is 42.9 Å². The van der Waals surface area contributed by atoms with E-state index in [4.69, 9.17) is 9.72 Å². The largest absolute Gasteiger partial charge is 0.361 e. The first-order valence-electron chi connectivity index (χ1n) is 9.70. The Labute approximate surface area is 156 Å². The van der Waals surface area contributed by atoms with Gasteiger partial charge in [0.1, 0.15) is 12.4 Å². The molecule has 1 aliphatic rings. The minimum Gasteiger partial charge on any atom is -0.361 e. The summed E-state index contributed by atoms with van der Waals surface area (Å²) >= 11 is 0. The number of aromatic nitrogens is 3. The third-order valence-electron chi connectivity index (χ3n) is 5.32. The standard InChI is InChI=1S/C21H29N3OSi/c1-26(2,3)14-13-25-16-23-11-10-19-20-17(15-22-21(19)23)9-12-24(20)18-7-5-4-6-8-18/h4-5,9-12,15,18H,6-8,13-14,16H2,1-3H3. The first-order valence-corrected chi connectivity index (χ1v) is 13.4. The van der Waals surface area contributed by atoms with Gasteiger partial charge in [0.05, 0.1) is 5.52 Å². The van der Waals surface area contributed by atoms with E-state index in [0.29, 0.717) is 12.8 Å². The van der Waals surface area contributed by atoms with Crippen LogP contribution in [0.1, 0.15) is 25.3 Å². The Kier molecular flexibility index (Phi) is 4.76. The van der Waals surface area contributed by atoms with Crippen LogP contribution in [-0.4, -0.2) is 28.8 Å². The predicted octanol–water partition coefficient (Wildman–Crippen LogP) is 5.58. The van der Waals surface area contributed by atoms with Crippen LogP contribution >= 0.6 is 0 Å². The van der Waals surface area contributed by atoms with Crippen LogP contribution in [0, 0.1) is 0 Å². The van der Waals surface area contributed by atoms with Crippen molar-refractivity contribution in [2.45, 2.75) is 57.7 Å². The Morgan fingerprint density at radius 3 is 2.85 bits per heavy atom. The van der Waals surface area contributed by atoms with Crippen molar-refractivity contribution in [2.24, 2.45) is 0 Å². The molecule has 0 fully saturated rings. The maximum atomic E-state index is 5.94. The fraction of sp³-hybridized carbons (Fsp3) is 0.476. The lowest BCUT2D eigenvalue weighted by Crippen LogP contribution is -2.22. The number of hydrogen-bond donors (Lipinski definition) is 0. The van der Waals surface area contributed by atoms with E-state index in [1.54, 1.807) is 0 Å². The minimum atomic E-state index is -1.05. The molecule has 0 aliphatic heterocycles. The van der Waals surface area contributed by atoms with Crippen molar-refractivity contribution in [1.82, 2.24) is 14.1 Å². The highest BCUT2D eigenvalue weighted by Crippen LogP contribution is 2.32. The molecule has 26 heavy (non-hydrogen) atoms. The van der Waals surface area contributed by atoms with Crippen LogP contribution in [0.2, 0.25) is 25.7 Å². The van der Waals surface area contributed by atoms with E-state index in [1.165, 1.54) is 35.2 Å². The molecule has 0 aromatic carbocycles. The zero-order chi connectivity index (χ0) is 18.1. The van der Waals surface area contributed by atoms with Gasteiger partial charge < -0.3 is 13.9 Å². The maximum absolute atomic E-state index is 5.94. The summed E-state index contributed by atoms with van der Waals surface area (Å²) in [4.78, 5) is 4.72. The van der Waals surface area contributed by atoms with Gasteiger partial charge in [0.15, 0.2) is 0 Å². The van der Waals surface area contributed by atoms with E-state index in [0.717, 1.165) is 18.7 Å². The highest BCUT2D eigenvalue weighted by Gasteiger charge is 2.17. The number of ether oxygens (including phenoxy) is 1. The average Bonchev–Trinajstić information content (AvgIpc) is 3.22. The Morgan fingerprint density at radius 2 is 2.08 bits per heavy atom. The van der Waals surface area contributed by atoms with Gasteiger partial charge in [-0.2, -0.15) is 0 Å². The van der Waals surface area contributed by atoms with Crippen LogP contribution in [0.4, 0.5) is 0 Å². The van der Waals surface area contributed by atoms with Gasteiger partial charge in [-0.1, -0.05) is 31.8 Å². The van der Waals surface area contributed by atoms with Crippen LogP contribution in [0.15, 0.2) is 42.9 Å². The summed E-state index contributed by atoms with van der Waals surface area (Å²) < 4.78 is 10.5. The molecular weight excluding hydrogens is 338 g/mol. The van der Waals surface area contributed by atoms with Gasteiger partial charge in [0.25, 0.3) is 0 Å². The monoisotopic (exact) mass is 367 g/mol. The minimum absolute atomic E-state index is 0.555. The molecule has 5 heteroatoms. The molecule has 0 spiro atoms. The van der Waals surface area contributed by atoms with E-state index in [9.17, 15) is 0 Å². The predicted molar refractivity (Wildman–Crippen MR) is 111 cm³/mol. The topological polar surface area (TPSA) is 32.0 Å². The first-order chi connectivity index (χ1) is 12.5. The van der Waals surface area contributed by atoms with E-state index >= 15 is 0 Å². The third kappa shape index (κ3) is 3.51. The van der Waals surface area contributed by atoms with Crippen LogP contribution in [0.5, 0.6) is 0 Å². The Bertz CT molecular complexity index is 932. The van der Waals surface area contributed by atoms with Gasteiger partial charge in [-0.05, 0) is 37.4 Å².